The zero-order valence-electron chi connectivity index (χ0n) is 16.8. The highest BCUT2D eigenvalue weighted by Gasteiger charge is 2.47. The second-order valence-corrected chi connectivity index (χ2v) is 6.96. The van der Waals surface area contributed by atoms with Crippen LogP contribution in [-0.4, -0.2) is 33.8 Å². The third-order valence-corrected chi connectivity index (χ3v) is 5.15. The molecule has 0 aliphatic carbocycles. The summed E-state index contributed by atoms with van der Waals surface area (Å²) < 4.78 is 5.16. The first-order chi connectivity index (χ1) is 15.4. The first-order valence-corrected chi connectivity index (χ1v) is 9.52. The average molecular weight is 431 g/mol. The number of benzene rings is 2. The lowest BCUT2D eigenvalue weighted by atomic mass is 9.96. The Morgan fingerprint density at radius 2 is 1.78 bits per heavy atom. The van der Waals surface area contributed by atoms with Crippen molar-refractivity contribution in [3.8, 4) is 5.75 Å². The second-order valence-electron chi connectivity index (χ2n) is 6.96. The Morgan fingerprint density at radius 3 is 2.34 bits per heavy atom. The number of aromatic nitrogens is 1. The maximum atomic E-state index is 13.0. The molecule has 1 amide bonds. The number of nitrogens with zero attached hydrogens (tertiary/aromatic N) is 3. The number of non-ortho nitro benzene ring substituents is 1. The Balaban J connectivity index is 1.88. The van der Waals surface area contributed by atoms with Gasteiger partial charge >= 0.3 is 0 Å². The molecule has 2 heterocycles. The van der Waals surface area contributed by atoms with Crippen molar-refractivity contribution in [1.29, 1.82) is 0 Å². The fraction of sp³-hybridized carbons (Fsp3) is 0.0870. The molecule has 9 nitrogen and oxygen atoms in total. The lowest BCUT2D eigenvalue weighted by Gasteiger charge is -2.25. The molecule has 1 N–H and O–H groups in total. The number of carbonyl (C=O) groups is 2. The number of anilines is 1. The summed E-state index contributed by atoms with van der Waals surface area (Å²) in [5.74, 6) is -1.53. The summed E-state index contributed by atoms with van der Waals surface area (Å²) in [7, 11) is 1.51. The van der Waals surface area contributed by atoms with E-state index in [-0.39, 0.29) is 16.8 Å². The number of hydrogen-bond donors (Lipinski definition) is 1. The number of rotatable bonds is 5. The molecule has 1 aliphatic heterocycles. The maximum absolute atomic E-state index is 13.0. The third-order valence-electron chi connectivity index (χ3n) is 5.15. The maximum Gasteiger partial charge on any atom is 0.300 e. The first-order valence-electron chi connectivity index (χ1n) is 9.52. The van der Waals surface area contributed by atoms with Gasteiger partial charge in [-0.3, -0.25) is 29.6 Å². The number of aliphatic hydroxyl groups excluding tert-OH is 1. The van der Waals surface area contributed by atoms with Gasteiger partial charge in [0, 0.05) is 35.8 Å². The zero-order valence-corrected chi connectivity index (χ0v) is 16.8. The van der Waals surface area contributed by atoms with E-state index in [4.69, 9.17) is 4.74 Å². The second kappa shape index (κ2) is 8.31. The molecule has 4 rings (SSSR count). The highest BCUT2D eigenvalue weighted by Crippen LogP contribution is 2.42. The summed E-state index contributed by atoms with van der Waals surface area (Å²) in [4.78, 5) is 41.8. The van der Waals surface area contributed by atoms with E-state index in [1.165, 1.54) is 42.5 Å². The van der Waals surface area contributed by atoms with Crippen LogP contribution >= 0.6 is 0 Å². The molecule has 1 aliphatic rings. The van der Waals surface area contributed by atoms with Crippen LogP contribution in [0.5, 0.6) is 5.75 Å². The Kier molecular flexibility index (Phi) is 5.38. The summed E-state index contributed by atoms with van der Waals surface area (Å²) in [5, 5.41) is 21.9. The number of methoxy groups -OCH3 is 1. The summed E-state index contributed by atoms with van der Waals surface area (Å²) in [6.07, 6.45) is 3.07. The molecular formula is C23H17N3O6. The minimum atomic E-state index is -0.938. The molecule has 32 heavy (non-hydrogen) atoms. The van der Waals surface area contributed by atoms with Crippen molar-refractivity contribution in [2.45, 2.75) is 6.04 Å². The molecule has 160 valence electrons. The smallest absolute Gasteiger partial charge is 0.300 e. The average Bonchev–Trinajstić information content (AvgIpc) is 3.09. The number of carbonyl (C=O) groups excluding carboxylic acids is 2. The largest absolute Gasteiger partial charge is 0.507 e. The summed E-state index contributed by atoms with van der Waals surface area (Å²) in [6, 6.07) is 14.1. The van der Waals surface area contributed by atoms with E-state index in [1.807, 2.05) is 0 Å². The molecule has 0 saturated carbocycles. The summed E-state index contributed by atoms with van der Waals surface area (Å²) in [6.45, 7) is 0. The topological polar surface area (TPSA) is 123 Å². The van der Waals surface area contributed by atoms with E-state index in [2.05, 4.69) is 4.98 Å². The molecule has 0 radical (unpaired) electrons. The lowest BCUT2D eigenvalue weighted by molar-refractivity contribution is -0.384. The van der Waals surface area contributed by atoms with Crippen molar-refractivity contribution in [2.75, 3.05) is 12.0 Å². The van der Waals surface area contributed by atoms with Crippen molar-refractivity contribution in [2.24, 2.45) is 0 Å². The Bertz CT molecular complexity index is 1220. The van der Waals surface area contributed by atoms with Gasteiger partial charge in [0.05, 0.1) is 23.6 Å². The van der Waals surface area contributed by atoms with Gasteiger partial charge < -0.3 is 9.84 Å². The van der Waals surface area contributed by atoms with Crippen LogP contribution in [0.3, 0.4) is 0 Å². The van der Waals surface area contributed by atoms with Gasteiger partial charge in [0.1, 0.15) is 11.5 Å². The number of ether oxygens (including phenoxy) is 1. The Labute approximate surface area is 182 Å². The van der Waals surface area contributed by atoms with E-state index < -0.39 is 28.4 Å². The molecule has 1 fully saturated rings. The lowest BCUT2D eigenvalue weighted by Crippen LogP contribution is -2.29. The number of ketones is 1. The van der Waals surface area contributed by atoms with E-state index in [1.54, 1.807) is 42.6 Å². The van der Waals surface area contributed by atoms with Crippen LogP contribution in [0.15, 0.2) is 78.6 Å². The number of Topliss-reactive ketones (excluding diaryl/α,β-unsaturated/α-hetero) is 1. The Morgan fingerprint density at radius 1 is 1.09 bits per heavy atom. The fourth-order valence-corrected chi connectivity index (χ4v) is 3.59. The molecule has 1 aromatic heterocycles. The molecule has 3 aromatic rings. The normalized spacial score (nSPS) is 17.4. The summed E-state index contributed by atoms with van der Waals surface area (Å²) in [5.41, 5.74) is 0.837. The van der Waals surface area contributed by atoms with Crippen molar-refractivity contribution in [3.05, 3.63) is 99.9 Å². The molecule has 1 atom stereocenters. The minimum Gasteiger partial charge on any atom is -0.507 e. The number of aliphatic hydroxyl groups is 1. The highest BCUT2D eigenvalue weighted by molar-refractivity contribution is 6.51. The monoisotopic (exact) mass is 431 g/mol. The van der Waals surface area contributed by atoms with E-state index >= 15 is 0 Å². The Hall–Kier alpha value is -4.53. The molecule has 0 spiro atoms. The van der Waals surface area contributed by atoms with Crippen LogP contribution in [-0.2, 0) is 9.59 Å². The van der Waals surface area contributed by atoms with Gasteiger partial charge in [0.25, 0.3) is 17.4 Å². The van der Waals surface area contributed by atoms with Crippen LogP contribution < -0.4 is 9.64 Å². The predicted octanol–water partition coefficient (Wildman–Crippen LogP) is 3.62. The number of pyridine rings is 1. The third kappa shape index (κ3) is 3.56. The summed E-state index contributed by atoms with van der Waals surface area (Å²) >= 11 is 0. The molecule has 0 bridgehead atoms. The fourth-order valence-electron chi connectivity index (χ4n) is 3.59. The molecule has 1 saturated heterocycles. The highest BCUT2D eigenvalue weighted by atomic mass is 16.6. The molecular weight excluding hydrogens is 414 g/mol. The number of nitro groups is 1. The van der Waals surface area contributed by atoms with Gasteiger partial charge in [0.2, 0.25) is 0 Å². The predicted molar refractivity (Wildman–Crippen MR) is 115 cm³/mol. The zero-order chi connectivity index (χ0) is 22.8. The van der Waals surface area contributed by atoms with Crippen LogP contribution in [0.4, 0.5) is 11.4 Å². The van der Waals surface area contributed by atoms with Gasteiger partial charge in [-0.15, -0.1) is 0 Å². The molecule has 1 unspecified atom stereocenters. The molecule has 9 heteroatoms. The molecule has 2 aromatic carbocycles. The van der Waals surface area contributed by atoms with E-state index in [0.717, 1.165) is 0 Å². The number of hydrogen-bond acceptors (Lipinski definition) is 7. The minimum absolute atomic E-state index is 0.132. The SMILES string of the molecule is COc1ccc(N2C(=O)C(=O)/C(=C(\O)c3ccc([N+](=O)[O-])cc3)C2c2cccnc2)cc1. The van der Waals surface area contributed by atoms with Gasteiger partial charge in [0.15, 0.2) is 0 Å². The van der Waals surface area contributed by atoms with Crippen LogP contribution in [0.1, 0.15) is 17.2 Å². The van der Waals surface area contributed by atoms with Gasteiger partial charge in [-0.25, -0.2) is 0 Å². The first kappa shape index (κ1) is 20.7. The van der Waals surface area contributed by atoms with Crippen LogP contribution in [0, 0.1) is 10.1 Å². The standard InChI is InChI=1S/C23H17N3O6/c1-32-18-10-8-16(9-11-18)25-20(15-3-2-12-24-13-15)19(22(28)23(25)29)21(27)14-4-6-17(7-5-14)26(30)31/h2-13,20,27H,1H3/b21-19-. The number of amides is 1. The van der Waals surface area contributed by atoms with Crippen LogP contribution in [0.2, 0.25) is 0 Å². The van der Waals surface area contributed by atoms with Crippen LogP contribution in [0.25, 0.3) is 5.76 Å². The quantitative estimate of drug-likeness (QED) is 0.215. The number of nitro benzene ring substituents is 1. The van der Waals surface area contributed by atoms with E-state index in [9.17, 15) is 24.8 Å². The van der Waals surface area contributed by atoms with Gasteiger partial charge in [-0.2, -0.15) is 0 Å². The van der Waals surface area contributed by atoms with Crippen molar-refractivity contribution in [3.63, 3.8) is 0 Å². The van der Waals surface area contributed by atoms with Gasteiger partial charge in [-0.05, 0) is 48.0 Å². The van der Waals surface area contributed by atoms with Crippen molar-refractivity contribution >= 4 is 28.8 Å². The van der Waals surface area contributed by atoms with Crippen molar-refractivity contribution in [1.82, 2.24) is 4.98 Å². The van der Waals surface area contributed by atoms with Crippen molar-refractivity contribution < 1.29 is 24.4 Å². The van der Waals surface area contributed by atoms with Gasteiger partial charge in [-0.1, -0.05) is 6.07 Å². The van der Waals surface area contributed by atoms with E-state index in [0.29, 0.717) is 17.0 Å².